The average Bonchev–Trinajstić information content (AvgIpc) is 2.91. The molecule has 0 spiro atoms. The van der Waals surface area contributed by atoms with Gasteiger partial charge in [0.1, 0.15) is 5.82 Å². The van der Waals surface area contributed by atoms with Crippen LogP contribution in [-0.2, 0) is 0 Å². The first-order valence-electron chi connectivity index (χ1n) is 8.28. The highest BCUT2D eigenvalue weighted by Gasteiger charge is 2.13. The summed E-state index contributed by atoms with van der Waals surface area (Å²) in [5.74, 6) is 0.747. The van der Waals surface area contributed by atoms with E-state index in [0.29, 0.717) is 16.9 Å². The summed E-state index contributed by atoms with van der Waals surface area (Å²) in [7, 11) is 0. The number of nitrogens with one attached hydrogen (secondary N) is 2. The van der Waals surface area contributed by atoms with Crippen LogP contribution in [0.4, 0.5) is 11.5 Å². The smallest absolute Gasteiger partial charge is 0.126 e. The Hall–Kier alpha value is -3.21. The lowest BCUT2D eigenvalue weighted by Gasteiger charge is -2.11. The number of aromatic nitrogens is 2. The third-order valence-corrected chi connectivity index (χ3v) is 3.84. The van der Waals surface area contributed by atoms with Crippen LogP contribution in [0.2, 0.25) is 0 Å². The summed E-state index contributed by atoms with van der Waals surface area (Å²) in [6.07, 6.45) is 12.7. The van der Waals surface area contributed by atoms with Gasteiger partial charge in [0.15, 0.2) is 0 Å². The van der Waals surface area contributed by atoms with E-state index < -0.39 is 0 Å². The molecule has 2 aromatic rings. The highest BCUT2D eigenvalue weighted by Crippen LogP contribution is 2.22. The second-order valence-electron chi connectivity index (χ2n) is 5.66. The molecule has 1 aliphatic carbocycles. The molecule has 2 heterocycles. The summed E-state index contributed by atoms with van der Waals surface area (Å²) >= 11 is 0. The number of nitrogens with two attached hydrogens (primary N) is 1. The zero-order valence-corrected chi connectivity index (χ0v) is 14.2. The molecule has 0 unspecified atom stereocenters. The first-order chi connectivity index (χ1) is 12.2. The van der Waals surface area contributed by atoms with Crippen LogP contribution in [0.25, 0.3) is 5.57 Å². The van der Waals surface area contributed by atoms with Crippen LogP contribution in [-0.4, -0.2) is 22.2 Å². The minimum atomic E-state index is 0. The molecule has 0 amide bonds. The fourth-order valence-corrected chi connectivity index (χ4v) is 2.58. The van der Waals surface area contributed by atoms with E-state index >= 15 is 0 Å². The number of hydrogen-bond acceptors (Lipinski definition) is 5. The van der Waals surface area contributed by atoms with Crippen molar-refractivity contribution in [3.63, 3.8) is 0 Å². The molecule has 0 fully saturated rings. The molecule has 25 heavy (non-hydrogen) atoms. The van der Waals surface area contributed by atoms with E-state index in [4.69, 9.17) is 11.1 Å². The third-order valence-electron chi connectivity index (χ3n) is 3.84. The van der Waals surface area contributed by atoms with Crippen molar-refractivity contribution < 1.29 is 1.43 Å². The number of rotatable bonds is 5. The van der Waals surface area contributed by atoms with Gasteiger partial charge in [-0.2, -0.15) is 0 Å². The summed E-state index contributed by atoms with van der Waals surface area (Å²) in [6.45, 7) is 2.79. The van der Waals surface area contributed by atoms with Gasteiger partial charge in [0, 0.05) is 13.5 Å². The number of pyridine rings is 2. The molecule has 5 nitrogen and oxygen atoms in total. The third kappa shape index (κ3) is 3.83. The molecule has 0 aromatic carbocycles. The zero-order chi connectivity index (χ0) is 17.6. The highest BCUT2D eigenvalue weighted by molar-refractivity contribution is 6.13. The largest absolute Gasteiger partial charge is 0.397 e. The molecule has 3 rings (SSSR count). The van der Waals surface area contributed by atoms with Crippen molar-refractivity contribution >= 4 is 22.8 Å². The quantitative estimate of drug-likeness (QED) is 0.720. The van der Waals surface area contributed by atoms with Gasteiger partial charge in [-0.25, -0.2) is 4.98 Å². The van der Waals surface area contributed by atoms with E-state index in [1.165, 1.54) is 0 Å². The van der Waals surface area contributed by atoms with Gasteiger partial charge in [-0.1, -0.05) is 36.4 Å². The van der Waals surface area contributed by atoms with Crippen molar-refractivity contribution in [2.24, 2.45) is 0 Å². The van der Waals surface area contributed by atoms with Gasteiger partial charge in [-0.3, -0.25) is 10.4 Å². The number of hydrogen-bond donors (Lipinski definition) is 3. The minimum absolute atomic E-state index is 0. The summed E-state index contributed by atoms with van der Waals surface area (Å²) in [5, 5.41) is 11.7. The Labute approximate surface area is 149 Å². The van der Waals surface area contributed by atoms with Crippen molar-refractivity contribution in [3.05, 3.63) is 77.8 Å². The van der Waals surface area contributed by atoms with Crippen LogP contribution in [0.15, 0.2) is 60.8 Å². The predicted molar refractivity (Wildman–Crippen MR) is 106 cm³/mol. The molecule has 4 N–H and O–H groups in total. The van der Waals surface area contributed by atoms with E-state index in [1.54, 1.807) is 6.20 Å². The van der Waals surface area contributed by atoms with E-state index in [2.05, 4.69) is 27.4 Å². The predicted octanol–water partition coefficient (Wildman–Crippen LogP) is 4.05. The first-order valence-corrected chi connectivity index (χ1v) is 8.28. The highest BCUT2D eigenvalue weighted by atomic mass is 15.0. The van der Waals surface area contributed by atoms with Crippen LogP contribution >= 0.6 is 0 Å². The number of anilines is 2. The molecule has 0 saturated heterocycles. The van der Waals surface area contributed by atoms with Gasteiger partial charge in [0.25, 0.3) is 0 Å². The minimum Gasteiger partial charge on any atom is -0.397 e. The Balaban J connectivity index is 0.00000243. The summed E-state index contributed by atoms with van der Waals surface area (Å²) in [4.78, 5) is 8.91. The van der Waals surface area contributed by atoms with Gasteiger partial charge in [-0.05, 0) is 37.1 Å². The number of allylic oxidation sites excluding steroid dienone is 6. The molecule has 0 aliphatic heterocycles. The molecule has 1 aliphatic rings. The number of nitrogen functional groups attached to an aromatic ring is 1. The molecule has 0 bridgehead atoms. The maximum atomic E-state index is 8.54. The second kappa shape index (κ2) is 7.57. The van der Waals surface area contributed by atoms with E-state index in [1.807, 2.05) is 49.4 Å². The SMILES string of the molecule is CCNc1cccc(C(=N)c2cc(C3=CC=CCC=C3)ncc2N)n1.[HH]. The molecule has 128 valence electrons. The van der Waals surface area contributed by atoms with Gasteiger partial charge in [0.05, 0.1) is 29.0 Å². The maximum absolute atomic E-state index is 8.54. The summed E-state index contributed by atoms with van der Waals surface area (Å²) in [5.41, 5.74) is 9.84. The summed E-state index contributed by atoms with van der Waals surface area (Å²) in [6, 6.07) is 7.44. The van der Waals surface area contributed by atoms with Crippen LogP contribution in [0, 0.1) is 5.41 Å². The first kappa shape index (κ1) is 16.6. The van der Waals surface area contributed by atoms with Crippen LogP contribution in [0.3, 0.4) is 0 Å². The van der Waals surface area contributed by atoms with Crippen molar-refractivity contribution in [3.8, 4) is 0 Å². The van der Waals surface area contributed by atoms with Crippen molar-refractivity contribution in [2.75, 3.05) is 17.6 Å². The van der Waals surface area contributed by atoms with Gasteiger partial charge >= 0.3 is 0 Å². The Kier molecular flexibility index (Phi) is 5.04. The van der Waals surface area contributed by atoms with Crippen LogP contribution < -0.4 is 11.1 Å². The van der Waals surface area contributed by atoms with Crippen molar-refractivity contribution in [1.29, 1.82) is 5.41 Å². The molecule has 0 radical (unpaired) electrons. The monoisotopic (exact) mass is 333 g/mol. The molecular formula is C20H23N5. The molecule has 0 atom stereocenters. The Morgan fingerprint density at radius 1 is 1.36 bits per heavy atom. The molecule has 5 heteroatoms. The zero-order valence-electron chi connectivity index (χ0n) is 14.2. The second-order valence-corrected chi connectivity index (χ2v) is 5.66. The van der Waals surface area contributed by atoms with Gasteiger partial charge in [0.2, 0.25) is 0 Å². The van der Waals surface area contributed by atoms with Crippen molar-refractivity contribution in [2.45, 2.75) is 13.3 Å². The Morgan fingerprint density at radius 3 is 3.08 bits per heavy atom. The lowest BCUT2D eigenvalue weighted by molar-refractivity contribution is 1.15. The average molecular weight is 333 g/mol. The van der Waals surface area contributed by atoms with E-state index in [0.717, 1.165) is 30.1 Å². The van der Waals surface area contributed by atoms with Crippen molar-refractivity contribution in [1.82, 2.24) is 9.97 Å². The Bertz CT molecular complexity index is 884. The Morgan fingerprint density at radius 2 is 2.24 bits per heavy atom. The standard InChI is InChI=1S/C20H21N5.H2/c1-2-23-19-11-7-10-17(25-19)20(22)15-12-18(24-13-16(15)21)14-8-5-3-4-6-9-14;/h3,5-13,22H,2,4,21H2,1H3,(H,23,25);1H. The van der Waals surface area contributed by atoms with E-state index in [-0.39, 0.29) is 7.14 Å². The number of nitrogens with zero attached hydrogens (tertiary/aromatic N) is 2. The van der Waals surface area contributed by atoms with Gasteiger partial charge in [-0.15, -0.1) is 0 Å². The van der Waals surface area contributed by atoms with Crippen LogP contribution in [0.1, 0.15) is 31.7 Å². The fraction of sp³-hybridized carbons (Fsp3) is 0.150. The molecule has 2 aromatic heterocycles. The van der Waals surface area contributed by atoms with E-state index in [9.17, 15) is 0 Å². The van der Waals surface area contributed by atoms with Gasteiger partial charge < -0.3 is 11.1 Å². The fourth-order valence-electron chi connectivity index (χ4n) is 2.58. The lowest BCUT2D eigenvalue weighted by atomic mass is 10.0. The molecular weight excluding hydrogens is 310 g/mol. The molecule has 0 saturated carbocycles. The van der Waals surface area contributed by atoms with Crippen LogP contribution in [0.5, 0.6) is 0 Å². The maximum Gasteiger partial charge on any atom is 0.126 e. The normalized spacial score (nSPS) is 13.2. The summed E-state index contributed by atoms with van der Waals surface area (Å²) < 4.78 is 0. The lowest BCUT2D eigenvalue weighted by Crippen LogP contribution is -2.10. The topological polar surface area (TPSA) is 87.7 Å².